The predicted molar refractivity (Wildman–Crippen MR) is 56.6 cm³/mol. The number of rotatable bonds is 3. The van der Waals surface area contributed by atoms with Crippen LogP contribution in [0.1, 0.15) is 21.5 Å². The first-order chi connectivity index (χ1) is 6.56. The van der Waals surface area contributed by atoms with E-state index in [1.807, 2.05) is 6.92 Å². The number of aromatic carboxylic acids is 1. The summed E-state index contributed by atoms with van der Waals surface area (Å²) < 4.78 is 5.78. The third-order valence-electron chi connectivity index (χ3n) is 2.00. The average molecular weight is 259 g/mol. The molecule has 14 heavy (non-hydrogen) atoms. The van der Waals surface area contributed by atoms with Crippen molar-refractivity contribution in [1.82, 2.24) is 0 Å². The van der Waals surface area contributed by atoms with Gasteiger partial charge in [0, 0.05) is 11.6 Å². The van der Waals surface area contributed by atoms with Gasteiger partial charge >= 0.3 is 5.97 Å². The highest BCUT2D eigenvalue weighted by Gasteiger charge is 2.09. The number of carboxylic acids is 1. The molecule has 1 N–H and O–H groups in total. The van der Waals surface area contributed by atoms with Gasteiger partial charge in [-0.2, -0.15) is 0 Å². The lowest BCUT2D eigenvalue weighted by Crippen LogP contribution is -2.01. The summed E-state index contributed by atoms with van der Waals surface area (Å²) in [6.45, 7) is 2.34. The SMILES string of the molecule is COCc1cc(C(=O)O)cc(Br)c1C. The minimum Gasteiger partial charge on any atom is -0.478 e. The van der Waals surface area contributed by atoms with Gasteiger partial charge in [0.05, 0.1) is 12.2 Å². The number of hydrogen-bond donors (Lipinski definition) is 1. The Morgan fingerprint density at radius 2 is 2.21 bits per heavy atom. The van der Waals surface area contributed by atoms with Crippen LogP contribution >= 0.6 is 15.9 Å². The van der Waals surface area contributed by atoms with Crippen molar-refractivity contribution in [3.05, 3.63) is 33.3 Å². The van der Waals surface area contributed by atoms with Crippen LogP contribution in [-0.2, 0) is 11.3 Å². The van der Waals surface area contributed by atoms with Crippen LogP contribution in [0.2, 0.25) is 0 Å². The van der Waals surface area contributed by atoms with Crippen molar-refractivity contribution in [2.24, 2.45) is 0 Å². The normalized spacial score (nSPS) is 10.2. The zero-order valence-corrected chi connectivity index (χ0v) is 9.59. The fourth-order valence-electron chi connectivity index (χ4n) is 1.16. The molecule has 1 aromatic rings. The van der Waals surface area contributed by atoms with E-state index in [-0.39, 0.29) is 5.56 Å². The summed E-state index contributed by atoms with van der Waals surface area (Å²) in [4.78, 5) is 10.8. The van der Waals surface area contributed by atoms with Gasteiger partial charge in [-0.1, -0.05) is 15.9 Å². The molecule has 1 rings (SSSR count). The van der Waals surface area contributed by atoms with Gasteiger partial charge in [0.2, 0.25) is 0 Å². The Kier molecular flexibility index (Phi) is 3.66. The van der Waals surface area contributed by atoms with E-state index < -0.39 is 5.97 Å². The molecule has 76 valence electrons. The maximum absolute atomic E-state index is 10.8. The number of carbonyl (C=O) groups is 1. The van der Waals surface area contributed by atoms with Crippen molar-refractivity contribution in [2.75, 3.05) is 7.11 Å². The number of benzene rings is 1. The second-order valence-corrected chi connectivity index (χ2v) is 3.83. The smallest absolute Gasteiger partial charge is 0.335 e. The Hall–Kier alpha value is -0.870. The molecule has 4 heteroatoms. The topological polar surface area (TPSA) is 46.5 Å². The highest BCUT2D eigenvalue weighted by atomic mass is 79.9. The maximum atomic E-state index is 10.8. The fraction of sp³-hybridized carbons (Fsp3) is 0.300. The van der Waals surface area contributed by atoms with Crippen molar-refractivity contribution in [1.29, 1.82) is 0 Å². The fourth-order valence-corrected chi connectivity index (χ4v) is 1.67. The molecule has 0 atom stereocenters. The first kappa shape index (κ1) is 11.2. The van der Waals surface area contributed by atoms with E-state index in [1.54, 1.807) is 19.2 Å². The van der Waals surface area contributed by atoms with Gasteiger partial charge in [-0.15, -0.1) is 0 Å². The monoisotopic (exact) mass is 258 g/mol. The van der Waals surface area contributed by atoms with Crippen molar-refractivity contribution in [2.45, 2.75) is 13.5 Å². The number of halogens is 1. The van der Waals surface area contributed by atoms with E-state index in [4.69, 9.17) is 9.84 Å². The average Bonchev–Trinajstić information content (AvgIpc) is 2.12. The molecule has 0 saturated heterocycles. The van der Waals surface area contributed by atoms with Crippen molar-refractivity contribution in [3.8, 4) is 0 Å². The summed E-state index contributed by atoms with van der Waals surface area (Å²) in [5, 5.41) is 8.83. The van der Waals surface area contributed by atoms with Gasteiger partial charge in [0.15, 0.2) is 0 Å². The van der Waals surface area contributed by atoms with Gasteiger partial charge in [0.1, 0.15) is 0 Å². The number of hydrogen-bond acceptors (Lipinski definition) is 2. The standard InChI is InChI=1S/C10H11BrO3/c1-6-8(5-14-2)3-7(10(12)13)4-9(6)11/h3-4H,5H2,1-2H3,(H,12,13). The second-order valence-electron chi connectivity index (χ2n) is 2.98. The molecule has 0 aliphatic heterocycles. The lowest BCUT2D eigenvalue weighted by Gasteiger charge is -2.08. The van der Waals surface area contributed by atoms with Crippen LogP contribution in [0.25, 0.3) is 0 Å². The quantitative estimate of drug-likeness (QED) is 0.907. The second kappa shape index (κ2) is 4.57. The Bertz CT molecular complexity index is 361. The molecule has 0 heterocycles. The molecule has 0 amide bonds. The Labute approximate surface area is 90.8 Å². The molecule has 0 aliphatic rings. The van der Waals surface area contributed by atoms with Crippen LogP contribution < -0.4 is 0 Å². The third-order valence-corrected chi connectivity index (χ3v) is 2.82. The summed E-state index contributed by atoms with van der Waals surface area (Å²) in [5.41, 5.74) is 2.17. The molecule has 0 radical (unpaired) electrons. The zero-order valence-electron chi connectivity index (χ0n) is 8.00. The van der Waals surface area contributed by atoms with E-state index in [0.29, 0.717) is 6.61 Å². The summed E-state index contributed by atoms with van der Waals surface area (Å²) >= 11 is 3.32. The van der Waals surface area contributed by atoms with E-state index in [1.165, 1.54) is 0 Å². The molecular formula is C10H11BrO3. The highest BCUT2D eigenvalue weighted by Crippen LogP contribution is 2.22. The zero-order chi connectivity index (χ0) is 10.7. The van der Waals surface area contributed by atoms with Gasteiger partial charge < -0.3 is 9.84 Å². The van der Waals surface area contributed by atoms with E-state index in [9.17, 15) is 4.79 Å². The molecule has 0 unspecified atom stereocenters. The number of ether oxygens (including phenoxy) is 1. The third kappa shape index (κ3) is 2.33. The van der Waals surface area contributed by atoms with Gasteiger partial charge in [-0.3, -0.25) is 0 Å². The van der Waals surface area contributed by atoms with Crippen LogP contribution in [0, 0.1) is 6.92 Å². The minimum absolute atomic E-state index is 0.273. The largest absolute Gasteiger partial charge is 0.478 e. The van der Waals surface area contributed by atoms with E-state index in [0.717, 1.165) is 15.6 Å². The van der Waals surface area contributed by atoms with E-state index >= 15 is 0 Å². The summed E-state index contributed by atoms with van der Waals surface area (Å²) in [6, 6.07) is 3.22. The van der Waals surface area contributed by atoms with Gasteiger partial charge in [0.25, 0.3) is 0 Å². The van der Waals surface area contributed by atoms with Crippen LogP contribution in [0.3, 0.4) is 0 Å². The summed E-state index contributed by atoms with van der Waals surface area (Å²) in [7, 11) is 1.58. The number of methoxy groups -OCH3 is 1. The molecule has 0 fully saturated rings. The van der Waals surface area contributed by atoms with Crippen molar-refractivity contribution in [3.63, 3.8) is 0 Å². The highest BCUT2D eigenvalue weighted by molar-refractivity contribution is 9.10. The molecule has 3 nitrogen and oxygen atoms in total. The van der Waals surface area contributed by atoms with Crippen LogP contribution in [0.5, 0.6) is 0 Å². The Balaban J connectivity index is 3.20. The molecule has 0 saturated carbocycles. The molecule has 0 bridgehead atoms. The molecule has 0 aromatic heterocycles. The van der Waals surface area contributed by atoms with Gasteiger partial charge in [-0.05, 0) is 30.2 Å². The molecule has 0 spiro atoms. The van der Waals surface area contributed by atoms with Crippen molar-refractivity contribution < 1.29 is 14.6 Å². The lowest BCUT2D eigenvalue weighted by atomic mass is 10.1. The molecule has 0 aliphatic carbocycles. The minimum atomic E-state index is -0.928. The first-order valence-electron chi connectivity index (χ1n) is 4.07. The van der Waals surface area contributed by atoms with E-state index in [2.05, 4.69) is 15.9 Å². The van der Waals surface area contributed by atoms with Crippen molar-refractivity contribution >= 4 is 21.9 Å². The lowest BCUT2D eigenvalue weighted by molar-refractivity contribution is 0.0696. The van der Waals surface area contributed by atoms with Crippen LogP contribution in [0.15, 0.2) is 16.6 Å². The summed E-state index contributed by atoms with van der Waals surface area (Å²) in [5.74, 6) is -0.928. The van der Waals surface area contributed by atoms with Gasteiger partial charge in [-0.25, -0.2) is 4.79 Å². The van der Waals surface area contributed by atoms with Crippen LogP contribution in [0.4, 0.5) is 0 Å². The Morgan fingerprint density at radius 1 is 1.57 bits per heavy atom. The first-order valence-corrected chi connectivity index (χ1v) is 4.86. The molecular weight excluding hydrogens is 248 g/mol. The summed E-state index contributed by atoms with van der Waals surface area (Å²) in [6.07, 6.45) is 0. The Morgan fingerprint density at radius 3 is 2.71 bits per heavy atom. The van der Waals surface area contributed by atoms with Crippen LogP contribution in [-0.4, -0.2) is 18.2 Å². The predicted octanol–water partition coefficient (Wildman–Crippen LogP) is 2.60. The molecule has 1 aromatic carbocycles. The number of carboxylic acid groups (broad SMARTS) is 1. The maximum Gasteiger partial charge on any atom is 0.335 e.